The smallest absolute Gasteiger partial charge is 0.324 e. The number of carbonyl (C=O) groups excluding carboxylic acids is 2. The molecule has 5 heteroatoms. The highest BCUT2D eigenvalue weighted by atomic mass is 16.6. The number of carbonyl (C=O) groups is 2. The summed E-state index contributed by atoms with van der Waals surface area (Å²) >= 11 is 0. The van der Waals surface area contributed by atoms with Crippen LogP contribution < -0.4 is 0 Å². The van der Waals surface area contributed by atoms with Gasteiger partial charge in [-0.1, -0.05) is 12.1 Å². The summed E-state index contributed by atoms with van der Waals surface area (Å²) in [5.74, 6) is -1.35. The van der Waals surface area contributed by atoms with Crippen LogP contribution in [0.3, 0.4) is 0 Å². The van der Waals surface area contributed by atoms with Crippen molar-refractivity contribution in [2.24, 2.45) is 11.3 Å². The fourth-order valence-corrected chi connectivity index (χ4v) is 2.06. The maximum absolute atomic E-state index is 12.1. The van der Waals surface area contributed by atoms with Crippen LogP contribution in [0.4, 0.5) is 0 Å². The second-order valence-electron chi connectivity index (χ2n) is 4.41. The standard InChI is InChI=1S/C14H15NO4/c1-3-10-8-14(10,12(16)18-2)13(17)19-9-11-6-4-5-7-15-11/h3-7,10H,1,8-9H2,2H3. The number of nitrogens with zero attached hydrogens (tertiary/aromatic N) is 1. The van der Waals surface area contributed by atoms with Crippen molar-refractivity contribution in [1.29, 1.82) is 0 Å². The number of esters is 2. The molecule has 0 aliphatic heterocycles. The quantitative estimate of drug-likeness (QED) is 0.456. The lowest BCUT2D eigenvalue weighted by atomic mass is 10.0. The number of hydrogen-bond donors (Lipinski definition) is 0. The van der Waals surface area contributed by atoms with Gasteiger partial charge >= 0.3 is 11.9 Å². The summed E-state index contributed by atoms with van der Waals surface area (Å²) in [6.45, 7) is 3.65. The lowest BCUT2D eigenvalue weighted by Gasteiger charge is -2.13. The van der Waals surface area contributed by atoms with Crippen LogP contribution in [0, 0.1) is 11.3 Å². The van der Waals surface area contributed by atoms with Crippen LogP contribution in [-0.4, -0.2) is 24.0 Å². The van der Waals surface area contributed by atoms with Crippen molar-refractivity contribution in [3.63, 3.8) is 0 Å². The molecule has 1 aromatic heterocycles. The third kappa shape index (κ3) is 2.36. The fourth-order valence-electron chi connectivity index (χ4n) is 2.06. The Labute approximate surface area is 111 Å². The summed E-state index contributed by atoms with van der Waals surface area (Å²) in [6.07, 6.45) is 3.59. The lowest BCUT2D eigenvalue weighted by Crippen LogP contribution is -2.30. The van der Waals surface area contributed by atoms with Gasteiger partial charge in [-0.15, -0.1) is 6.58 Å². The Morgan fingerprint density at radius 2 is 2.32 bits per heavy atom. The largest absolute Gasteiger partial charge is 0.468 e. The van der Waals surface area contributed by atoms with Crippen LogP contribution in [0.5, 0.6) is 0 Å². The molecular weight excluding hydrogens is 246 g/mol. The zero-order valence-corrected chi connectivity index (χ0v) is 10.7. The molecule has 2 unspecified atom stereocenters. The van der Waals surface area contributed by atoms with Gasteiger partial charge in [-0.25, -0.2) is 0 Å². The van der Waals surface area contributed by atoms with Gasteiger partial charge in [0.15, 0.2) is 5.41 Å². The van der Waals surface area contributed by atoms with Gasteiger partial charge in [0.25, 0.3) is 0 Å². The molecule has 0 N–H and O–H groups in total. The first-order chi connectivity index (χ1) is 9.15. The van der Waals surface area contributed by atoms with Crippen LogP contribution in [0.1, 0.15) is 12.1 Å². The first kappa shape index (κ1) is 13.3. The number of aromatic nitrogens is 1. The van der Waals surface area contributed by atoms with Gasteiger partial charge in [0.2, 0.25) is 0 Å². The highest BCUT2D eigenvalue weighted by Crippen LogP contribution is 2.55. The van der Waals surface area contributed by atoms with Gasteiger partial charge in [-0.3, -0.25) is 14.6 Å². The zero-order chi connectivity index (χ0) is 13.9. The Bertz CT molecular complexity index is 499. The molecule has 1 fully saturated rings. The van der Waals surface area contributed by atoms with E-state index >= 15 is 0 Å². The Balaban J connectivity index is 2.02. The molecule has 0 radical (unpaired) electrons. The van der Waals surface area contributed by atoms with Gasteiger partial charge in [0.1, 0.15) is 6.61 Å². The SMILES string of the molecule is C=CC1CC1(C(=O)OC)C(=O)OCc1ccccn1. The van der Waals surface area contributed by atoms with Crippen LogP contribution in [0.25, 0.3) is 0 Å². The minimum atomic E-state index is -1.20. The molecule has 1 aromatic rings. The molecule has 0 saturated heterocycles. The molecule has 1 heterocycles. The van der Waals surface area contributed by atoms with Gasteiger partial charge in [0, 0.05) is 12.1 Å². The van der Waals surface area contributed by atoms with E-state index in [9.17, 15) is 9.59 Å². The Kier molecular flexibility index (Phi) is 3.64. The summed E-state index contributed by atoms with van der Waals surface area (Å²) < 4.78 is 9.84. The number of rotatable bonds is 5. The van der Waals surface area contributed by atoms with Crippen LogP contribution in [0.15, 0.2) is 37.1 Å². The summed E-state index contributed by atoms with van der Waals surface area (Å²) in [4.78, 5) is 27.8. The highest BCUT2D eigenvalue weighted by molar-refractivity contribution is 6.04. The second-order valence-corrected chi connectivity index (χ2v) is 4.41. The van der Waals surface area contributed by atoms with E-state index in [1.165, 1.54) is 7.11 Å². The van der Waals surface area contributed by atoms with E-state index in [1.807, 2.05) is 0 Å². The Hall–Kier alpha value is -2.17. The van der Waals surface area contributed by atoms with E-state index in [-0.39, 0.29) is 12.5 Å². The predicted octanol–water partition coefficient (Wildman–Crippen LogP) is 1.49. The average molecular weight is 261 g/mol. The van der Waals surface area contributed by atoms with E-state index in [2.05, 4.69) is 16.3 Å². The average Bonchev–Trinajstić information content (AvgIpc) is 3.21. The van der Waals surface area contributed by atoms with Crippen molar-refractivity contribution in [3.8, 4) is 0 Å². The predicted molar refractivity (Wildman–Crippen MR) is 66.8 cm³/mol. The summed E-state index contributed by atoms with van der Waals surface area (Å²) in [7, 11) is 1.26. The number of allylic oxidation sites excluding steroid dienone is 1. The van der Waals surface area contributed by atoms with E-state index in [0.717, 1.165) is 0 Å². The molecule has 2 rings (SSSR count). The Morgan fingerprint density at radius 1 is 1.53 bits per heavy atom. The first-order valence-electron chi connectivity index (χ1n) is 5.93. The maximum atomic E-state index is 12.1. The molecule has 2 atom stereocenters. The van der Waals surface area contributed by atoms with Crippen LogP contribution >= 0.6 is 0 Å². The lowest BCUT2D eigenvalue weighted by molar-refractivity contribution is -0.164. The topological polar surface area (TPSA) is 65.5 Å². The van der Waals surface area contributed by atoms with Crippen LogP contribution in [0.2, 0.25) is 0 Å². The monoisotopic (exact) mass is 261 g/mol. The van der Waals surface area contributed by atoms with E-state index < -0.39 is 17.4 Å². The van der Waals surface area contributed by atoms with Crippen molar-refractivity contribution in [2.75, 3.05) is 7.11 Å². The number of ether oxygens (including phenoxy) is 2. The molecule has 19 heavy (non-hydrogen) atoms. The molecule has 1 aliphatic carbocycles. The van der Waals surface area contributed by atoms with Crippen molar-refractivity contribution in [1.82, 2.24) is 4.98 Å². The Morgan fingerprint density at radius 3 is 2.84 bits per heavy atom. The second kappa shape index (κ2) is 5.22. The molecule has 5 nitrogen and oxygen atoms in total. The van der Waals surface area contributed by atoms with Crippen molar-refractivity contribution in [3.05, 3.63) is 42.7 Å². The summed E-state index contributed by atoms with van der Waals surface area (Å²) in [5.41, 5.74) is -0.572. The molecule has 0 spiro atoms. The highest BCUT2D eigenvalue weighted by Gasteiger charge is 2.66. The minimum Gasteiger partial charge on any atom is -0.468 e. The molecule has 0 amide bonds. The number of pyridine rings is 1. The molecule has 1 saturated carbocycles. The van der Waals surface area contributed by atoms with Gasteiger partial charge < -0.3 is 9.47 Å². The van der Waals surface area contributed by atoms with Gasteiger partial charge in [-0.05, 0) is 18.6 Å². The molecule has 100 valence electrons. The normalized spacial score (nSPS) is 24.4. The number of methoxy groups -OCH3 is 1. The number of hydrogen-bond acceptors (Lipinski definition) is 5. The minimum absolute atomic E-state index is 0.0439. The summed E-state index contributed by atoms with van der Waals surface area (Å²) in [5, 5.41) is 0. The van der Waals surface area contributed by atoms with E-state index in [1.54, 1.807) is 30.5 Å². The first-order valence-corrected chi connectivity index (χ1v) is 5.93. The van der Waals surface area contributed by atoms with E-state index in [0.29, 0.717) is 12.1 Å². The van der Waals surface area contributed by atoms with Crippen molar-refractivity contribution < 1.29 is 19.1 Å². The summed E-state index contributed by atoms with van der Waals surface area (Å²) in [6, 6.07) is 5.32. The van der Waals surface area contributed by atoms with Crippen molar-refractivity contribution in [2.45, 2.75) is 13.0 Å². The third-order valence-electron chi connectivity index (χ3n) is 3.29. The fraction of sp³-hybridized carbons (Fsp3) is 0.357. The third-order valence-corrected chi connectivity index (χ3v) is 3.29. The molecular formula is C14H15NO4. The van der Waals surface area contributed by atoms with Crippen molar-refractivity contribution >= 4 is 11.9 Å². The molecule has 0 aromatic carbocycles. The zero-order valence-electron chi connectivity index (χ0n) is 10.7. The molecule has 1 aliphatic rings. The molecule has 0 bridgehead atoms. The van der Waals surface area contributed by atoms with Gasteiger partial charge in [-0.2, -0.15) is 0 Å². The van der Waals surface area contributed by atoms with Gasteiger partial charge in [0.05, 0.1) is 12.8 Å². The maximum Gasteiger partial charge on any atom is 0.324 e. The van der Waals surface area contributed by atoms with Crippen LogP contribution in [-0.2, 0) is 25.7 Å². The van der Waals surface area contributed by atoms with E-state index in [4.69, 9.17) is 4.74 Å².